The van der Waals surface area contributed by atoms with Crippen molar-refractivity contribution < 1.29 is 14.3 Å². The fraction of sp³-hybridized carbons (Fsp3) is 0.308. The van der Waals surface area contributed by atoms with E-state index < -0.39 is 0 Å². The summed E-state index contributed by atoms with van der Waals surface area (Å²) < 4.78 is 4.99. The molecule has 1 aliphatic rings. The van der Waals surface area contributed by atoms with Crippen LogP contribution in [0.1, 0.15) is 15.9 Å². The largest absolute Gasteiger partial charge is 0.370 e. The van der Waals surface area contributed by atoms with Gasteiger partial charge in [-0.15, -0.1) is 0 Å². The Morgan fingerprint density at radius 1 is 1.39 bits per heavy atom. The number of hydrogen-bond donors (Lipinski definition) is 0. The zero-order valence-electron chi connectivity index (χ0n) is 9.76. The minimum Gasteiger partial charge on any atom is -0.370 e. The van der Waals surface area contributed by atoms with Crippen LogP contribution >= 0.6 is 0 Å². The molecule has 0 N–H and O–H groups in total. The third kappa shape index (κ3) is 2.73. The van der Waals surface area contributed by atoms with Crippen LogP contribution in [-0.2, 0) is 9.53 Å². The molecule has 1 heterocycles. The molecule has 18 heavy (non-hydrogen) atoms. The van der Waals surface area contributed by atoms with E-state index in [2.05, 4.69) is 0 Å². The van der Waals surface area contributed by atoms with Crippen LogP contribution in [0, 0.1) is 11.3 Å². The van der Waals surface area contributed by atoms with Crippen LogP contribution in [0.2, 0.25) is 0 Å². The van der Waals surface area contributed by atoms with Gasteiger partial charge in [0.2, 0.25) is 5.91 Å². The average molecular weight is 244 g/mol. The molecule has 0 spiro atoms. The second-order valence-corrected chi connectivity index (χ2v) is 3.98. The van der Waals surface area contributed by atoms with E-state index in [1.807, 2.05) is 6.07 Å². The molecule has 0 aromatic heterocycles. The maximum atomic E-state index is 11.9. The molecule has 1 saturated heterocycles. The Labute approximate surface area is 105 Å². The summed E-state index contributed by atoms with van der Waals surface area (Å²) in [5, 5.41) is 8.66. The van der Waals surface area contributed by atoms with Crippen molar-refractivity contribution in [3.8, 4) is 6.07 Å². The molecule has 5 nitrogen and oxygen atoms in total. The quantitative estimate of drug-likeness (QED) is 0.730. The first kappa shape index (κ1) is 12.3. The van der Waals surface area contributed by atoms with Crippen LogP contribution in [0.3, 0.4) is 0 Å². The Kier molecular flexibility index (Phi) is 3.70. The second-order valence-electron chi connectivity index (χ2n) is 3.98. The van der Waals surface area contributed by atoms with Gasteiger partial charge in [-0.2, -0.15) is 5.26 Å². The maximum Gasteiger partial charge on any atom is 0.249 e. The predicted octanol–water partition coefficient (Wildman–Crippen LogP) is 0.600. The Balaban J connectivity index is 2.02. The number of ether oxygens (including phenoxy) is 1. The Bertz CT molecular complexity index is 502. The number of rotatable bonds is 3. The van der Waals surface area contributed by atoms with Crippen LogP contribution in [0.4, 0.5) is 0 Å². The summed E-state index contributed by atoms with van der Waals surface area (Å²) in [6.07, 6.45) is 0. The molecule has 92 valence electrons. The molecule has 0 unspecified atom stereocenters. The lowest BCUT2D eigenvalue weighted by Crippen LogP contribution is -2.44. The molecule has 0 saturated carbocycles. The van der Waals surface area contributed by atoms with E-state index >= 15 is 0 Å². The summed E-state index contributed by atoms with van der Waals surface area (Å²) in [7, 11) is 0. The molecule has 1 amide bonds. The molecule has 5 heteroatoms. The second kappa shape index (κ2) is 5.43. The molecule has 1 fully saturated rings. The smallest absolute Gasteiger partial charge is 0.249 e. The van der Waals surface area contributed by atoms with Crippen molar-refractivity contribution in [2.45, 2.75) is 0 Å². The van der Waals surface area contributed by atoms with Gasteiger partial charge in [0.15, 0.2) is 5.78 Å². The SMILES string of the molecule is N#Cc1ccc(C(=O)CN2CCOCC2=O)cc1. The van der Waals surface area contributed by atoms with Crippen LogP contribution in [0.5, 0.6) is 0 Å². The Morgan fingerprint density at radius 2 is 2.11 bits per heavy atom. The van der Waals surface area contributed by atoms with Gasteiger partial charge in [-0.25, -0.2) is 0 Å². The first-order valence-corrected chi connectivity index (χ1v) is 5.59. The van der Waals surface area contributed by atoms with Crippen molar-refractivity contribution in [1.29, 1.82) is 5.26 Å². The van der Waals surface area contributed by atoms with Gasteiger partial charge in [-0.05, 0) is 12.1 Å². The third-order valence-electron chi connectivity index (χ3n) is 2.75. The van der Waals surface area contributed by atoms with E-state index in [1.165, 1.54) is 4.90 Å². The highest BCUT2D eigenvalue weighted by Crippen LogP contribution is 2.07. The van der Waals surface area contributed by atoms with Gasteiger partial charge in [-0.3, -0.25) is 9.59 Å². The topological polar surface area (TPSA) is 70.4 Å². The minimum atomic E-state index is -0.164. The molecular weight excluding hydrogens is 232 g/mol. The highest BCUT2D eigenvalue weighted by atomic mass is 16.5. The lowest BCUT2D eigenvalue weighted by Gasteiger charge is -2.25. The van der Waals surface area contributed by atoms with Crippen LogP contribution in [-0.4, -0.2) is 42.9 Å². The monoisotopic (exact) mass is 244 g/mol. The number of ketones is 1. The molecule has 2 rings (SSSR count). The zero-order valence-corrected chi connectivity index (χ0v) is 9.76. The number of Topliss-reactive ketones (excluding diaryl/α,β-unsaturated/α-hetero) is 1. The van der Waals surface area contributed by atoms with Crippen molar-refractivity contribution in [1.82, 2.24) is 4.90 Å². The highest BCUT2D eigenvalue weighted by molar-refractivity contribution is 5.99. The first-order chi connectivity index (χ1) is 8.70. The molecule has 1 aromatic rings. The van der Waals surface area contributed by atoms with Gasteiger partial charge in [0.1, 0.15) is 6.61 Å². The van der Waals surface area contributed by atoms with Gasteiger partial charge in [0.05, 0.1) is 24.8 Å². The van der Waals surface area contributed by atoms with Gasteiger partial charge in [0.25, 0.3) is 0 Å². The van der Waals surface area contributed by atoms with Gasteiger partial charge in [0, 0.05) is 12.1 Å². The maximum absolute atomic E-state index is 11.9. The zero-order chi connectivity index (χ0) is 13.0. The standard InChI is InChI=1S/C13H12N2O3/c14-7-10-1-3-11(4-2-10)12(16)8-15-5-6-18-9-13(15)17/h1-4H,5-6,8-9H2. The summed E-state index contributed by atoms with van der Waals surface area (Å²) in [6, 6.07) is 8.38. The normalized spacial score (nSPS) is 15.3. The molecule has 0 atom stereocenters. The van der Waals surface area contributed by atoms with Crippen LogP contribution in [0.15, 0.2) is 24.3 Å². The molecule has 0 bridgehead atoms. The van der Waals surface area contributed by atoms with E-state index in [9.17, 15) is 9.59 Å². The van der Waals surface area contributed by atoms with E-state index in [4.69, 9.17) is 10.00 Å². The number of nitrogens with zero attached hydrogens (tertiary/aromatic N) is 2. The number of hydrogen-bond acceptors (Lipinski definition) is 4. The van der Waals surface area contributed by atoms with Gasteiger partial charge >= 0.3 is 0 Å². The average Bonchev–Trinajstić information content (AvgIpc) is 2.41. The van der Waals surface area contributed by atoms with Crippen molar-refractivity contribution in [2.75, 3.05) is 26.3 Å². The highest BCUT2D eigenvalue weighted by Gasteiger charge is 2.21. The fourth-order valence-corrected chi connectivity index (χ4v) is 1.71. The summed E-state index contributed by atoms with van der Waals surface area (Å²) in [4.78, 5) is 24.9. The number of carbonyl (C=O) groups is 2. The minimum absolute atomic E-state index is 0.0423. The fourth-order valence-electron chi connectivity index (χ4n) is 1.71. The Morgan fingerprint density at radius 3 is 2.72 bits per heavy atom. The van der Waals surface area contributed by atoms with Crippen molar-refractivity contribution in [2.24, 2.45) is 0 Å². The van der Waals surface area contributed by atoms with E-state index in [1.54, 1.807) is 24.3 Å². The van der Waals surface area contributed by atoms with E-state index in [-0.39, 0.29) is 24.8 Å². The first-order valence-electron chi connectivity index (χ1n) is 5.59. The van der Waals surface area contributed by atoms with E-state index in [0.29, 0.717) is 24.3 Å². The lowest BCUT2D eigenvalue weighted by atomic mass is 10.1. The predicted molar refractivity (Wildman–Crippen MR) is 62.9 cm³/mol. The van der Waals surface area contributed by atoms with Gasteiger partial charge < -0.3 is 9.64 Å². The summed E-state index contributed by atoms with van der Waals surface area (Å²) in [6.45, 7) is 1.02. The van der Waals surface area contributed by atoms with E-state index in [0.717, 1.165) is 0 Å². The van der Waals surface area contributed by atoms with Crippen LogP contribution < -0.4 is 0 Å². The molecule has 1 aliphatic heterocycles. The van der Waals surface area contributed by atoms with Crippen molar-refractivity contribution in [3.05, 3.63) is 35.4 Å². The lowest BCUT2D eigenvalue weighted by molar-refractivity contribution is -0.141. The molecule has 1 aromatic carbocycles. The Hall–Kier alpha value is -2.19. The molecular formula is C13H12N2O3. The molecule has 0 radical (unpaired) electrons. The summed E-state index contributed by atoms with van der Waals surface area (Å²) in [5.41, 5.74) is 1.02. The number of benzene rings is 1. The van der Waals surface area contributed by atoms with Gasteiger partial charge in [-0.1, -0.05) is 12.1 Å². The summed E-state index contributed by atoms with van der Waals surface area (Å²) in [5.74, 6) is -0.294. The van der Waals surface area contributed by atoms with Crippen LogP contribution in [0.25, 0.3) is 0 Å². The number of morpholine rings is 1. The molecule has 0 aliphatic carbocycles. The summed E-state index contributed by atoms with van der Waals surface area (Å²) >= 11 is 0. The van der Waals surface area contributed by atoms with Crippen molar-refractivity contribution >= 4 is 11.7 Å². The van der Waals surface area contributed by atoms with Crippen molar-refractivity contribution in [3.63, 3.8) is 0 Å². The number of amides is 1. The number of nitriles is 1. The third-order valence-corrected chi connectivity index (χ3v) is 2.75. The number of carbonyl (C=O) groups excluding carboxylic acids is 2.